The third-order valence-electron chi connectivity index (χ3n) is 4.37. The standard InChI is InChI=1S/C23H20N2/c1-18-12-14-21(15-13-18)23-16-22(20-10-6-3-7-11-20)24-25(23)17-19-8-4-2-5-9-19/h2-16H,17H2,1H3. The second kappa shape index (κ2) is 6.78. The van der Waals surface area contributed by atoms with E-state index in [1.807, 2.05) is 12.1 Å². The third-order valence-corrected chi connectivity index (χ3v) is 4.37. The maximum absolute atomic E-state index is 4.89. The number of benzene rings is 3. The molecule has 0 aliphatic rings. The molecule has 0 aliphatic carbocycles. The Hall–Kier alpha value is -3.13. The molecule has 25 heavy (non-hydrogen) atoms. The molecule has 0 fully saturated rings. The van der Waals surface area contributed by atoms with Crippen molar-refractivity contribution in [2.45, 2.75) is 13.5 Å². The van der Waals surface area contributed by atoms with Crippen molar-refractivity contribution in [1.29, 1.82) is 0 Å². The minimum absolute atomic E-state index is 0.761. The van der Waals surface area contributed by atoms with E-state index in [9.17, 15) is 0 Å². The van der Waals surface area contributed by atoms with Gasteiger partial charge in [-0.05, 0) is 24.1 Å². The number of hydrogen-bond donors (Lipinski definition) is 0. The monoisotopic (exact) mass is 324 g/mol. The zero-order chi connectivity index (χ0) is 17.1. The maximum atomic E-state index is 4.89. The normalized spacial score (nSPS) is 10.8. The van der Waals surface area contributed by atoms with Gasteiger partial charge in [0.25, 0.3) is 0 Å². The fourth-order valence-electron chi connectivity index (χ4n) is 3.00. The molecule has 0 radical (unpaired) electrons. The van der Waals surface area contributed by atoms with Crippen LogP contribution in [0.15, 0.2) is 91.0 Å². The molecular weight excluding hydrogens is 304 g/mol. The van der Waals surface area contributed by atoms with Gasteiger partial charge >= 0.3 is 0 Å². The number of aromatic nitrogens is 2. The van der Waals surface area contributed by atoms with E-state index in [1.165, 1.54) is 16.7 Å². The van der Waals surface area contributed by atoms with Crippen molar-refractivity contribution in [2.24, 2.45) is 0 Å². The first-order chi connectivity index (χ1) is 12.3. The summed E-state index contributed by atoms with van der Waals surface area (Å²) in [6.07, 6.45) is 0. The summed E-state index contributed by atoms with van der Waals surface area (Å²) in [6, 6.07) is 31.6. The molecule has 4 rings (SSSR count). The Kier molecular flexibility index (Phi) is 4.17. The highest BCUT2D eigenvalue weighted by Gasteiger charge is 2.11. The van der Waals surface area contributed by atoms with Gasteiger partial charge in [-0.25, -0.2) is 0 Å². The van der Waals surface area contributed by atoms with Crippen LogP contribution < -0.4 is 0 Å². The number of nitrogens with zero attached hydrogens (tertiary/aromatic N) is 2. The summed E-state index contributed by atoms with van der Waals surface area (Å²) in [7, 11) is 0. The summed E-state index contributed by atoms with van der Waals surface area (Å²) in [5.41, 5.74) is 6.99. The fourth-order valence-corrected chi connectivity index (χ4v) is 3.00. The summed E-state index contributed by atoms with van der Waals surface area (Å²) >= 11 is 0. The van der Waals surface area contributed by atoms with Gasteiger partial charge in [0.2, 0.25) is 0 Å². The van der Waals surface area contributed by atoms with Crippen LogP contribution in [0, 0.1) is 6.92 Å². The number of aryl methyl sites for hydroxylation is 1. The molecule has 0 spiro atoms. The van der Waals surface area contributed by atoms with E-state index in [1.54, 1.807) is 0 Å². The molecule has 0 saturated carbocycles. The van der Waals surface area contributed by atoms with Crippen LogP contribution >= 0.6 is 0 Å². The molecule has 0 unspecified atom stereocenters. The van der Waals surface area contributed by atoms with Crippen LogP contribution in [0.5, 0.6) is 0 Å². The fraction of sp³-hybridized carbons (Fsp3) is 0.0870. The predicted octanol–water partition coefficient (Wildman–Crippen LogP) is 5.57. The lowest BCUT2D eigenvalue weighted by molar-refractivity contribution is 0.697. The Labute approximate surface area is 148 Å². The molecule has 0 amide bonds. The van der Waals surface area contributed by atoms with Gasteiger partial charge in [-0.2, -0.15) is 5.10 Å². The van der Waals surface area contributed by atoms with Crippen LogP contribution in [0.1, 0.15) is 11.1 Å². The Bertz CT molecular complexity index is 952. The first-order valence-corrected chi connectivity index (χ1v) is 8.54. The molecule has 0 aliphatic heterocycles. The van der Waals surface area contributed by atoms with Gasteiger partial charge in [-0.1, -0.05) is 90.5 Å². The van der Waals surface area contributed by atoms with Crippen LogP contribution in [0.2, 0.25) is 0 Å². The first kappa shape index (κ1) is 15.4. The zero-order valence-corrected chi connectivity index (χ0v) is 14.3. The third kappa shape index (κ3) is 3.38. The summed E-state index contributed by atoms with van der Waals surface area (Å²) in [5.74, 6) is 0. The topological polar surface area (TPSA) is 17.8 Å². The van der Waals surface area contributed by atoms with Crippen LogP contribution in [-0.4, -0.2) is 9.78 Å². The molecule has 0 saturated heterocycles. The van der Waals surface area contributed by atoms with Crippen molar-refractivity contribution in [3.8, 4) is 22.5 Å². The lowest BCUT2D eigenvalue weighted by Crippen LogP contribution is -2.03. The minimum Gasteiger partial charge on any atom is -0.260 e. The molecule has 0 N–H and O–H groups in total. The Morgan fingerprint density at radius 1 is 0.720 bits per heavy atom. The molecule has 1 aromatic heterocycles. The van der Waals surface area contributed by atoms with Crippen molar-refractivity contribution in [3.63, 3.8) is 0 Å². The Morgan fingerprint density at radius 2 is 1.36 bits per heavy atom. The predicted molar refractivity (Wildman–Crippen MR) is 103 cm³/mol. The van der Waals surface area contributed by atoms with E-state index < -0.39 is 0 Å². The van der Waals surface area contributed by atoms with Crippen molar-refractivity contribution in [2.75, 3.05) is 0 Å². The van der Waals surface area contributed by atoms with E-state index >= 15 is 0 Å². The van der Waals surface area contributed by atoms with E-state index in [0.29, 0.717) is 0 Å². The number of rotatable bonds is 4. The summed E-state index contributed by atoms with van der Waals surface area (Å²) in [4.78, 5) is 0. The summed E-state index contributed by atoms with van der Waals surface area (Å²) in [6.45, 7) is 2.87. The molecule has 0 atom stereocenters. The van der Waals surface area contributed by atoms with Gasteiger partial charge in [0.05, 0.1) is 17.9 Å². The van der Waals surface area contributed by atoms with Crippen molar-refractivity contribution in [3.05, 3.63) is 102 Å². The van der Waals surface area contributed by atoms with Crippen LogP contribution in [0.4, 0.5) is 0 Å². The molecular formula is C23H20N2. The van der Waals surface area contributed by atoms with Crippen molar-refractivity contribution in [1.82, 2.24) is 9.78 Å². The highest BCUT2D eigenvalue weighted by atomic mass is 15.3. The van der Waals surface area contributed by atoms with Gasteiger partial charge in [0.15, 0.2) is 0 Å². The summed E-state index contributed by atoms with van der Waals surface area (Å²) < 4.78 is 2.10. The van der Waals surface area contributed by atoms with Crippen LogP contribution in [0.25, 0.3) is 22.5 Å². The second-order valence-corrected chi connectivity index (χ2v) is 6.29. The van der Waals surface area contributed by atoms with Gasteiger partial charge in [0, 0.05) is 5.56 Å². The van der Waals surface area contributed by atoms with E-state index in [0.717, 1.165) is 23.5 Å². The van der Waals surface area contributed by atoms with Crippen molar-refractivity contribution < 1.29 is 0 Å². The average Bonchev–Trinajstić information content (AvgIpc) is 3.08. The molecule has 2 heteroatoms. The highest BCUT2D eigenvalue weighted by molar-refractivity contribution is 5.69. The van der Waals surface area contributed by atoms with Crippen LogP contribution in [0.3, 0.4) is 0 Å². The lowest BCUT2D eigenvalue weighted by atomic mass is 10.1. The average molecular weight is 324 g/mol. The van der Waals surface area contributed by atoms with Gasteiger partial charge in [-0.3, -0.25) is 4.68 Å². The van der Waals surface area contributed by atoms with E-state index in [-0.39, 0.29) is 0 Å². The molecule has 122 valence electrons. The molecule has 3 aromatic carbocycles. The second-order valence-electron chi connectivity index (χ2n) is 6.29. The molecule has 2 nitrogen and oxygen atoms in total. The Balaban J connectivity index is 1.80. The number of hydrogen-bond acceptors (Lipinski definition) is 1. The molecule has 4 aromatic rings. The maximum Gasteiger partial charge on any atom is 0.0929 e. The quantitative estimate of drug-likeness (QED) is 0.479. The van der Waals surface area contributed by atoms with Gasteiger partial charge in [-0.15, -0.1) is 0 Å². The van der Waals surface area contributed by atoms with Gasteiger partial charge in [0.1, 0.15) is 0 Å². The largest absolute Gasteiger partial charge is 0.260 e. The zero-order valence-electron chi connectivity index (χ0n) is 14.3. The SMILES string of the molecule is Cc1ccc(-c2cc(-c3ccccc3)nn2Cc2ccccc2)cc1. The lowest BCUT2D eigenvalue weighted by Gasteiger charge is -2.08. The highest BCUT2D eigenvalue weighted by Crippen LogP contribution is 2.27. The van der Waals surface area contributed by atoms with Crippen LogP contribution in [-0.2, 0) is 6.54 Å². The smallest absolute Gasteiger partial charge is 0.0929 e. The van der Waals surface area contributed by atoms with E-state index in [2.05, 4.69) is 90.5 Å². The minimum atomic E-state index is 0.761. The van der Waals surface area contributed by atoms with Crippen molar-refractivity contribution >= 4 is 0 Å². The Morgan fingerprint density at radius 3 is 2.04 bits per heavy atom. The molecule has 0 bridgehead atoms. The van der Waals surface area contributed by atoms with E-state index in [4.69, 9.17) is 5.10 Å². The van der Waals surface area contributed by atoms with Gasteiger partial charge < -0.3 is 0 Å². The molecule has 1 heterocycles. The summed E-state index contributed by atoms with van der Waals surface area (Å²) in [5, 5.41) is 4.89. The first-order valence-electron chi connectivity index (χ1n) is 8.54.